The molecule has 0 saturated heterocycles. The lowest BCUT2D eigenvalue weighted by atomic mass is 10.2. The summed E-state index contributed by atoms with van der Waals surface area (Å²) < 4.78 is 54.4. The van der Waals surface area contributed by atoms with Crippen LogP contribution in [0.4, 0.5) is 20.2 Å². The molecule has 12 heteroatoms. The number of aromatic amines is 1. The molecule has 2 heterocycles. The molecule has 2 aromatic carbocycles. The SMILES string of the molecule is O=C(Nc1ccc(NS(=O)(=O)c2ccc(F)c(F)c2)cc1)c1cccn2c(=O)[nH]nc12. The van der Waals surface area contributed by atoms with Crippen molar-refractivity contribution in [1.29, 1.82) is 0 Å². The molecule has 1 amide bonds. The quantitative estimate of drug-likeness (QED) is 0.435. The highest BCUT2D eigenvalue weighted by Gasteiger charge is 2.17. The van der Waals surface area contributed by atoms with Crippen LogP contribution in [0.3, 0.4) is 0 Å². The number of carbonyl (C=O) groups excluding carboxylic acids is 1. The Kier molecular flexibility index (Phi) is 4.99. The van der Waals surface area contributed by atoms with E-state index in [0.717, 1.165) is 12.1 Å². The van der Waals surface area contributed by atoms with Gasteiger partial charge in [-0.2, -0.15) is 5.10 Å². The van der Waals surface area contributed by atoms with Crippen LogP contribution in [0.5, 0.6) is 0 Å². The van der Waals surface area contributed by atoms with Crippen molar-refractivity contribution >= 4 is 33.0 Å². The number of hydrogen-bond acceptors (Lipinski definition) is 5. The number of benzene rings is 2. The second-order valence-electron chi connectivity index (χ2n) is 6.36. The monoisotopic (exact) mass is 445 g/mol. The van der Waals surface area contributed by atoms with Crippen LogP contribution in [-0.4, -0.2) is 28.9 Å². The number of H-pyrrole nitrogens is 1. The van der Waals surface area contributed by atoms with Crippen molar-refractivity contribution in [2.45, 2.75) is 4.90 Å². The molecule has 0 aliphatic heterocycles. The van der Waals surface area contributed by atoms with Crippen molar-refractivity contribution in [3.63, 3.8) is 0 Å². The van der Waals surface area contributed by atoms with E-state index >= 15 is 0 Å². The molecule has 2 aromatic heterocycles. The van der Waals surface area contributed by atoms with Crippen LogP contribution < -0.4 is 15.7 Å². The van der Waals surface area contributed by atoms with Crippen LogP contribution in [0.25, 0.3) is 5.65 Å². The number of amides is 1. The van der Waals surface area contributed by atoms with Gasteiger partial charge >= 0.3 is 5.69 Å². The summed E-state index contributed by atoms with van der Waals surface area (Å²) in [6.45, 7) is 0. The van der Waals surface area contributed by atoms with Crippen LogP contribution in [0.2, 0.25) is 0 Å². The number of pyridine rings is 1. The molecule has 31 heavy (non-hydrogen) atoms. The first-order valence-corrected chi connectivity index (χ1v) is 10.2. The van der Waals surface area contributed by atoms with Crippen molar-refractivity contribution < 1.29 is 22.0 Å². The fourth-order valence-electron chi connectivity index (χ4n) is 2.79. The molecule has 0 bridgehead atoms. The summed E-state index contributed by atoms with van der Waals surface area (Å²) in [4.78, 5) is 23.7. The minimum Gasteiger partial charge on any atom is -0.322 e. The largest absolute Gasteiger partial charge is 0.347 e. The number of rotatable bonds is 5. The zero-order chi connectivity index (χ0) is 22.2. The Morgan fingerprint density at radius 1 is 1.00 bits per heavy atom. The summed E-state index contributed by atoms with van der Waals surface area (Å²) in [5.41, 5.74) is 0.316. The fraction of sp³-hybridized carbons (Fsp3) is 0. The molecule has 0 unspecified atom stereocenters. The molecule has 3 N–H and O–H groups in total. The normalized spacial score (nSPS) is 11.4. The number of anilines is 2. The lowest BCUT2D eigenvalue weighted by Crippen LogP contribution is -2.16. The van der Waals surface area contributed by atoms with E-state index in [4.69, 9.17) is 0 Å². The standard InChI is InChI=1S/C19H13F2N5O4S/c20-15-8-7-13(10-16(15)21)31(29,30)25-12-5-3-11(4-6-12)22-18(27)14-2-1-9-26-17(14)23-24-19(26)28/h1-10,25H,(H,22,27)(H,24,28). The van der Waals surface area contributed by atoms with E-state index in [-0.39, 0.29) is 16.9 Å². The highest BCUT2D eigenvalue weighted by molar-refractivity contribution is 7.92. The van der Waals surface area contributed by atoms with Crippen molar-refractivity contribution in [2.24, 2.45) is 0 Å². The first kappa shape index (κ1) is 20.2. The van der Waals surface area contributed by atoms with E-state index in [9.17, 15) is 26.8 Å². The predicted octanol–water partition coefficient (Wildman–Crippen LogP) is 2.35. The topological polar surface area (TPSA) is 125 Å². The average Bonchev–Trinajstić information content (AvgIpc) is 3.12. The van der Waals surface area contributed by atoms with Crippen LogP contribution in [0, 0.1) is 11.6 Å². The van der Waals surface area contributed by atoms with Gasteiger partial charge in [-0.15, -0.1) is 0 Å². The molecular weight excluding hydrogens is 432 g/mol. The third-order valence-corrected chi connectivity index (χ3v) is 5.66. The zero-order valence-electron chi connectivity index (χ0n) is 15.5. The Labute approximate surface area is 173 Å². The third kappa shape index (κ3) is 4.00. The Morgan fingerprint density at radius 2 is 1.71 bits per heavy atom. The van der Waals surface area contributed by atoms with E-state index in [1.54, 1.807) is 0 Å². The maximum atomic E-state index is 13.3. The van der Waals surface area contributed by atoms with Gasteiger partial charge in [0.1, 0.15) is 0 Å². The van der Waals surface area contributed by atoms with Crippen LogP contribution in [0.1, 0.15) is 10.4 Å². The maximum absolute atomic E-state index is 13.3. The smallest absolute Gasteiger partial charge is 0.322 e. The molecule has 9 nitrogen and oxygen atoms in total. The molecule has 0 fully saturated rings. The van der Waals surface area contributed by atoms with Crippen molar-refractivity contribution in [3.05, 3.63) is 88.5 Å². The number of carbonyl (C=O) groups is 1. The number of hydrogen-bond donors (Lipinski definition) is 3. The molecule has 0 aliphatic carbocycles. The maximum Gasteiger partial charge on any atom is 0.347 e. The average molecular weight is 445 g/mol. The predicted molar refractivity (Wildman–Crippen MR) is 107 cm³/mol. The van der Waals surface area contributed by atoms with Gasteiger partial charge in [-0.1, -0.05) is 0 Å². The van der Waals surface area contributed by atoms with Gasteiger partial charge in [0.25, 0.3) is 15.9 Å². The van der Waals surface area contributed by atoms with Gasteiger partial charge in [0.05, 0.1) is 10.5 Å². The van der Waals surface area contributed by atoms with Gasteiger partial charge < -0.3 is 5.32 Å². The van der Waals surface area contributed by atoms with Gasteiger partial charge in [0.2, 0.25) is 0 Å². The fourth-order valence-corrected chi connectivity index (χ4v) is 3.86. The van der Waals surface area contributed by atoms with Crippen molar-refractivity contribution in [3.8, 4) is 0 Å². The molecule has 0 saturated carbocycles. The Morgan fingerprint density at radius 3 is 2.42 bits per heavy atom. The van der Waals surface area contributed by atoms with Gasteiger partial charge in [-0.05, 0) is 54.6 Å². The number of fused-ring (bicyclic) bond motifs is 1. The summed E-state index contributed by atoms with van der Waals surface area (Å²) >= 11 is 0. The second kappa shape index (κ2) is 7.65. The molecule has 4 rings (SSSR count). The minimum atomic E-state index is -4.14. The molecule has 0 aliphatic rings. The van der Waals surface area contributed by atoms with E-state index in [1.807, 2.05) is 0 Å². The zero-order valence-corrected chi connectivity index (χ0v) is 16.3. The number of halogens is 2. The summed E-state index contributed by atoms with van der Waals surface area (Å²) in [5.74, 6) is -2.97. The van der Waals surface area contributed by atoms with Crippen LogP contribution in [0.15, 0.2) is 70.5 Å². The lowest BCUT2D eigenvalue weighted by molar-refractivity contribution is 0.102. The lowest BCUT2D eigenvalue weighted by Gasteiger charge is -2.10. The Balaban J connectivity index is 1.51. The van der Waals surface area contributed by atoms with E-state index in [0.29, 0.717) is 11.8 Å². The van der Waals surface area contributed by atoms with Crippen LogP contribution in [-0.2, 0) is 10.0 Å². The molecule has 0 radical (unpaired) electrons. The number of sulfonamides is 1. The van der Waals surface area contributed by atoms with Crippen molar-refractivity contribution in [2.75, 3.05) is 10.0 Å². The highest BCUT2D eigenvalue weighted by atomic mass is 32.2. The molecule has 4 aromatic rings. The van der Waals surface area contributed by atoms with Crippen LogP contribution >= 0.6 is 0 Å². The highest BCUT2D eigenvalue weighted by Crippen LogP contribution is 2.20. The van der Waals surface area contributed by atoms with Gasteiger partial charge in [-0.25, -0.2) is 31.5 Å². The molecule has 158 valence electrons. The van der Waals surface area contributed by atoms with E-state index < -0.39 is 38.2 Å². The first-order valence-electron chi connectivity index (χ1n) is 8.70. The minimum absolute atomic E-state index is 0.142. The summed E-state index contributed by atoms with van der Waals surface area (Å²) in [6, 6.07) is 10.9. The summed E-state index contributed by atoms with van der Waals surface area (Å²) in [6.07, 6.45) is 1.46. The third-order valence-electron chi connectivity index (χ3n) is 4.28. The Hall–Kier alpha value is -4.06. The molecule has 0 atom stereocenters. The molecular formula is C19H13F2N5O4S. The van der Waals surface area contributed by atoms with Gasteiger partial charge in [0.15, 0.2) is 17.3 Å². The number of nitrogens with zero attached hydrogens (tertiary/aromatic N) is 2. The van der Waals surface area contributed by atoms with Gasteiger partial charge in [0, 0.05) is 17.6 Å². The summed E-state index contributed by atoms with van der Waals surface area (Å²) in [5, 5.41) is 8.68. The first-order chi connectivity index (χ1) is 14.7. The Bertz CT molecular complexity index is 1460. The molecule has 0 spiro atoms. The number of aromatic nitrogens is 3. The van der Waals surface area contributed by atoms with Gasteiger partial charge in [-0.3, -0.25) is 9.52 Å². The van der Waals surface area contributed by atoms with E-state index in [1.165, 1.54) is 47.0 Å². The van der Waals surface area contributed by atoms with E-state index in [2.05, 4.69) is 20.2 Å². The van der Waals surface area contributed by atoms with Crippen molar-refractivity contribution in [1.82, 2.24) is 14.6 Å². The second-order valence-corrected chi connectivity index (χ2v) is 8.04. The number of nitrogens with one attached hydrogen (secondary N) is 3. The summed E-state index contributed by atoms with van der Waals surface area (Å²) in [7, 11) is -4.14.